The molecule has 1 aromatic rings. The summed E-state index contributed by atoms with van der Waals surface area (Å²) in [6.45, 7) is 2.75. The molecule has 0 aliphatic carbocycles. The van der Waals surface area contributed by atoms with E-state index < -0.39 is 0 Å². The molecule has 1 aromatic carbocycles. The number of hydrogen-bond acceptors (Lipinski definition) is 2. The summed E-state index contributed by atoms with van der Waals surface area (Å²) >= 11 is 11.7. The Morgan fingerprint density at radius 3 is 2.69 bits per heavy atom. The molecule has 0 bridgehead atoms. The van der Waals surface area contributed by atoms with E-state index in [2.05, 4.69) is 5.32 Å². The largest absolute Gasteiger partial charge is 0.385 e. The Balaban J connectivity index is 3.20. The van der Waals surface area contributed by atoms with Crippen molar-refractivity contribution < 1.29 is 0 Å². The van der Waals surface area contributed by atoms with Crippen LogP contribution in [0.3, 0.4) is 0 Å². The van der Waals surface area contributed by atoms with Gasteiger partial charge in [-0.1, -0.05) is 23.2 Å². The third-order valence-corrected chi connectivity index (χ3v) is 2.14. The second-order valence-corrected chi connectivity index (χ2v) is 3.37. The molecule has 2 nitrogen and oxygen atoms in total. The van der Waals surface area contributed by atoms with E-state index in [-0.39, 0.29) is 0 Å². The normalized spacial score (nSPS) is 9.77. The lowest BCUT2D eigenvalue weighted by molar-refractivity contribution is 1.21. The van der Waals surface area contributed by atoms with Gasteiger partial charge >= 0.3 is 0 Å². The number of rotatable bonds is 3. The fraction of sp³-hybridized carbons (Fsp3) is 0.222. The van der Waals surface area contributed by atoms with Crippen molar-refractivity contribution in [3.63, 3.8) is 0 Å². The van der Waals surface area contributed by atoms with Gasteiger partial charge in [0.05, 0.1) is 5.02 Å². The zero-order valence-electron chi connectivity index (χ0n) is 7.20. The van der Waals surface area contributed by atoms with E-state index >= 15 is 0 Å². The summed E-state index contributed by atoms with van der Waals surface area (Å²) in [6, 6.07) is 3.39. The second kappa shape index (κ2) is 4.49. The van der Waals surface area contributed by atoms with Gasteiger partial charge in [-0.15, -0.1) is 0 Å². The molecule has 0 aliphatic heterocycles. The van der Waals surface area contributed by atoms with E-state index in [4.69, 9.17) is 28.6 Å². The van der Waals surface area contributed by atoms with Crippen LogP contribution in [0, 0.1) is 5.41 Å². The maximum atomic E-state index is 7.18. The van der Waals surface area contributed by atoms with Gasteiger partial charge in [-0.3, -0.25) is 0 Å². The third kappa shape index (κ3) is 2.36. The number of hydrogen-bond donors (Lipinski definition) is 2. The molecule has 0 fully saturated rings. The fourth-order valence-corrected chi connectivity index (χ4v) is 1.62. The summed E-state index contributed by atoms with van der Waals surface area (Å²) < 4.78 is 0. The van der Waals surface area contributed by atoms with Gasteiger partial charge in [0, 0.05) is 29.0 Å². The molecule has 0 saturated heterocycles. The van der Waals surface area contributed by atoms with Crippen LogP contribution in [0.25, 0.3) is 0 Å². The van der Waals surface area contributed by atoms with Crippen LogP contribution in [0.5, 0.6) is 0 Å². The zero-order valence-corrected chi connectivity index (χ0v) is 8.71. The zero-order chi connectivity index (χ0) is 9.84. The van der Waals surface area contributed by atoms with Crippen molar-refractivity contribution in [2.75, 3.05) is 11.9 Å². The second-order valence-electron chi connectivity index (χ2n) is 2.52. The predicted octanol–water partition coefficient (Wildman–Crippen LogP) is 3.42. The van der Waals surface area contributed by atoms with Gasteiger partial charge in [0.15, 0.2) is 0 Å². The fourth-order valence-electron chi connectivity index (χ4n) is 1.07. The molecular formula is C9H10Cl2N2. The SMILES string of the molecule is CCNc1cc(Cl)cc(Cl)c1C=N. The van der Waals surface area contributed by atoms with Crippen molar-refractivity contribution >= 4 is 35.1 Å². The topological polar surface area (TPSA) is 35.9 Å². The van der Waals surface area contributed by atoms with E-state index in [1.807, 2.05) is 6.92 Å². The number of anilines is 1. The lowest BCUT2D eigenvalue weighted by Crippen LogP contribution is -2.00. The smallest absolute Gasteiger partial charge is 0.0529 e. The molecule has 0 unspecified atom stereocenters. The summed E-state index contributed by atoms with van der Waals surface area (Å²) in [6.07, 6.45) is 1.22. The minimum Gasteiger partial charge on any atom is -0.385 e. The van der Waals surface area contributed by atoms with Crippen LogP contribution in [-0.2, 0) is 0 Å². The van der Waals surface area contributed by atoms with Crippen molar-refractivity contribution in [3.05, 3.63) is 27.7 Å². The van der Waals surface area contributed by atoms with Gasteiger partial charge in [0.2, 0.25) is 0 Å². The lowest BCUT2D eigenvalue weighted by atomic mass is 10.2. The molecule has 0 saturated carbocycles. The van der Waals surface area contributed by atoms with E-state index in [0.29, 0.717) is 15.6 Å². The van der Waals surface area contributed by atoms with Crippen molar-refractivity contribution in [1.82, 2.24) is 0 Å². The van der Waals surface area contributed by atoms with Crippen LogP contribution in [-0.4, -0.2) is 12.8 Å². The van der Waals surface area contributed by atoms with Gasteiger partial charge in [-0.2, -0.15) is 0 Å². The number of halogens is 2. The van der Waals surface area contributed by atoms with Crippen molar-refractivity contribution in [2.45, 2.75) is 6.92 Å². The maximum absolute atomic E-state index is 7.18. The van der Waals surface area contributed by atoms with E-state index in [1.54, 1.807) is 12.1 Å². The first-order chi connectivity index (χ1) is 6.19. The molecule has 4 heteroatoms. The third-order valence-electron chi connectivity index (χ3n) is 1.61. The quantitative estimate of drug-likeness (QED) is 0.747. The molecule has 0 radical (unpaired) electrons. The first-order valence-corrected chi connectivity index (χ1v) is 4.68. The van der Waals surface area contributed by atoms with Gasteiger partial charge < -0.3 is 10.7 Å². The lowest BCUT2D eigenvalue weighted by Gasteiger charge is -2.09. The van der Waals surface area contributed by atoms with Gasteiger partial charge in [0.1, 0.15) is 0 Å². The first kappa shape index (κ1) is 10.4. The molecule has 0 aliphatic rings. The Morgan fingerprint density at radius 2 is 2.15 bits per heavy atom. The predicted molar refractivity (Wildman–Crippen MR) is 58.5 cm³/mol. The Hall–Kier alpha value is -0.730. The van der Waals surface area contributed by atoms with Gasteiger partial charge in [0.25, 0.3) is 0 Å². The molecule has 0 aromatic heterocycles. The van der Waals surface area contributed by atoms with E-state index in [0.717, 1.165) is 12.2 Å². The van der Waals surface area contributed by atoms with Crippen LogP contribution in [0.2, 0.25) is 10.0 Å². The molecule has 1 rings (SSSR count). The average Bonchev–Trinajstić information content (AvgIpc) is 2.04. The molecule has 0 atom stereocenters. The van der Waals surface area contributed by atoms with Crippen molar-refractivity contribution in [3.8, 4) is 0 Å². The summed E-state index contributed by atoms with van der Waals surface area (Å²) in [5.41, 5.74) is 1.47. The number of nitrogens with one attached hydrogen (secondary N) is 2. The van der Waals surface area contributed by atoms with Crippen LogP contribution in [0.15, 0.2) is 12.1 Å². The van der Waals surface area contributed by atoms with Crippen LogP contribution < -0.4 is 5.32 Å². The van der Waals surface area contributed by atoms with Crippen molar-refractivity contribution in [1.29, 1.82) is 5.41 Å². The Bertz CT molecular complexity index is 324. The summed E-state index contributed by atoms with van der Waals surface area (Å²) in [5.74, 6) is 0. The van der Waals surface area contributed by atoms with Crippen molar-refractivity contribution in [2.24, 2.45) is 0 Å². The van der Waals surface area contributed by atoms with E-state index in [1.165, 1.54) is 6.21 Å². The molecule has 0 spiro atoms. The Morgan fingerprint density at radius 1 is 1.46 bits per heavy atom. The van der Waals surface area contributed by atoms with Gasteiger partial charge in [-0.05, 0) is 19.1 Å². The molecule has 0 amide bonds. The number of benzene rings is 1. The highest BCUT2D eigenvalue weighted by Crippen LogP contribution is 2.27. The maximum Gasteiger partial charge on any atom is 0.0529 e. The molecular weight excluding hydrogens is 207 g/mol. The molecule has 70 valence electrons. The molecule has 0 heterocycles. The highest BCUT2D eigenvalue weighted by Gasteiger charge is 2.05. The van der Waals surface area contributed by atoms with Crippen LogP contribution in [0.1, 0.15) is 12.5 Å². The molecule has 13 heavy (non-hydrogen) atoms. The average molecular weight is 217 g/mol. The highest BCUT2D eigenvalue weighted by molar-refractivity contribution is 6.37. The summed E-state index contributed by atoms with van der Waals surface area (Å²) in [5, 5.41) is 11.3. The summed E-state index contributed by atoms with van der Waals surface area (Å²) in [4.78, 5) is 0. The van der Waals surface area contributed by atoms with Crippen LogP contribution in [0.4, 0.5) is 5.69 Å². The Labute approximate surface area is 87.4 Å². The standard InChI is InChI=1S/C9H10Cl2N2/c1-2-13-9-4-6(10)3-8(11)7(9)5-12/h3-5,12-13H,2H2,1H3. The van der Waals surface area contributed by atoms with E-state index in [9.17, 15) is 0 Å². The monoisotopic (exact) mass is 216 g/mol. The minimum atomic E-state index is 0.499. The minimum absolute atomic E-state index is 0.499. The molecule has 2 N–H and O–H groups in total. The highest BCUT2D eigenvalue weighted by atomic mass is 35.5. The van der Waals surface area contributed by atoms with Crippen LogP contribution >= 0.6 is 23.2 Å². The summed E-state index contributed by atoms with van der Waals surface area (Å²) in [7, 11) is 0. The van der Waals surface area contributed by atoms with Gasteiger partial charge in [-0.25, -0.2) is 0 Å². The first-order valence-electron chi connectivity index (χ1n) is 3.92. The Kier molecular flexibility index (Phi) is 3.58.